The summed E-state index contributed by atoms with van der Waals surface area (Å²) >= 11 is 0. The highest BCUT2D eigenvalue weighted by atomic mass is 16.6. The number of carbonyl (C=O) groups excluding carboxylic acids is 4. The third-order valence-corrected chi connectivity index (χ3v) is 9.05. The van der Waals surface area contributed by atoms with Gasteiger partial charge in [-0.3, -0.25) is 14.4 Å². The van der Waals surface area contributed by atoms with Crippen molar-refractivity contribution < 1.29 is 38.1 Å². The number of ether oxygens (including phenoxy) is 4. The molecule has 0 aromatic carbocycles. The van der Waals surface area contributed by atoms with Gasteiger partial charge in [-0.1, -0.05) is 13.8 Å². The van der Waals surface area contributed by atoms with Crippen LogP contribution in [0, 0.1) is 17.8 Å². The van der Waals surface area contributed by atoms with Gasteiger partial charge in [0.25, 0.3) is 5.91 Å². The van der Waals surface area contributed by atoms with Crippen molar-refractivity contribution in [2.45, 2.75) is 117 Å². The number of carbonyl (C=O) groups is 4. The van der Waals surface area contributed by atoms with E-state index in [1.165, 1.54) is 4.90 Å². The van der Waals surface area contributed by atoms with E-state index >= 15 is 0 Å². The fourth-order valence-corrected chi connectivity index (χ4v) is 6.74. The number of allylic oxidation sites excluding steroid dienone is 3. The Bertz CT molecular complexity index is 1260. The molecule has 2 aliphatic carbocycles. The lowest BCUT2D eigenvalue weighted by molar-refractivity contribution is -0.153. The molecule has 1 saturated heterocycles. The number of hydrogen-bond donors (Lipinski definition) is 1. The monoisotopic (exact) mass is 674 g/mol. The second-order valence-corrected chi connectivity index (χ2v) is 15.5. The average Bonchev–Trinajstić information content (AvgIpc) is 3.84. The molecule has 1 saturated carbocycles. The zero-order valence-corrected chi connectivity index (χ0v) is 30.6. The maximum absolute atomic E-state index is 14.6. The third kappa shape index (κ3) is 9.52. The van der Waals surface area contributed by atoms with Gasteiger partial charge in [0.05, 0.1) is 36.8 Å². The van der Waals surface area contributed by atoms with Crippen LogP contribution in [0.15, 0.2) is 23.2 Å². The van der Waals surface area contributed by atoms with Crippen LogP contribution in [0.4, 0.5) is 4.79 Å². The van der Waals surface area contributed by atoms with Crippen molar-refractivity contribution in [2.75, 3.05) is 46.6 Å². The second kappa shape index (κ2) is 15.6. The molecule has 0 bridgehead atoms. The van der Waals surface area contributed by atoms with Gasteiger partial charge >= 0.3 is 6.09 Å². The van der Waals surface area contributed by atoms with Gasteiger partial charge in [-0.05, 0) is 85.6 Å². The summed E-state index contributed by atoms with van der Waals surface area (Å²) < 4.78 is 22.9. The van der Waals surface area contributed by atoms with E-state index < -0.39 is 29.1 Å². The molecule has 4 aliphatic rings. The lowest BCUT2D eigenvalue weighted by Crippen LogP contribution is -2.55. The summed E-state index contributed by atoms with van der Waals surface area (Å²) in [5, 5.41) is 3.16. The predicted octanol–water partition coefficient (Wildman–Crippen LogP) is 4.59. The van der Waals surface area contributed by atoms with Crippen molar-refractivity contribution in [2.24, 2.45) is 17.8 Å². The maximum Gasteiger partial charge on any atom is 0.410 e. The lowest BCUT2D eigenvalue weighted by Gasteiger charge is -2.43. The molecule has 48 heavy (non-hydrogen) atoms. The van der Waals surface area contributed by atoms with E-state index in [0.717, 1.165) is 30.7 Å². The first-order valence-corrected chi connectivity index (χ1v) is 17.7. The van der Waals surface area contributed by atoms with Crippen molar-refractivity contribution >= 4 is 23.8 Å². The van der Waals surface area contributed by atoms with Gasteiger partial charge in [0, 0.05) is 51.5 Å². The van der Waals surface area contributed by atoms with Gasteiger partial charge < -0.3 is 39.0 Å². The van der Waals surface area contributed by atoms with Crippen LogP contribution in [0.2, 0.25) is 0 Å². The van der Waals surface area contributed by atoms with Crippen LogP contribution in [0.25, 0.3) is 0 Å². The molecule has 0 aromatic rings. The average molecular weight is 675 g/mol. The summed E-state index contributed by atoms with van der Waals surface area (Å²) in [7, 11) is 1.60. The molecule has 4 amide bonds. The van der Waals surface area contributed by atoms with Crippen molar-refractivity contribution in [1.29, 1.82) is 0 Å². The Hall–Kier alpha value is -3.12. The number of rotatable bonds is 13. The predicted molar refractivity (Wildman–Crippen MR) is 180 cm³/mol. The Labute approximate surface area is 286 Å². The van der Waals surface area contributed by atoms with Gasteiger partial charge in [0.15, 0.2) is 5.60 Å². The maximum atomic E-state index is 14.6. The summed E-state index contributed by atoms with van der Waals surface area (Å²) in [6, 6.07) is -0.145. The minimum Gasteiger partial charge on any atom is -0.480 e. The minimum absolute atomic E-state index is 0.0285. The molecule has 3 atom stereocenters. The van der Waals surface area contributed by atoms with Crippen LogP contribution in [0.5, 0.6) is 0 Å². The topological polar surface area (TPSA) is 127 Å². The summed E-state index contributed by atoms with van der Waals surface area (Å²) in [6.45, 7) is 17.1. The van der Waals surface area contributed by atoms with Gasteiger partial charge in [-0.2, -0.15) is 0 Å². The molecule has 0 radical (unpaired) electrons. The molecular formula is C36H58N4O8. The number of hydrogen-bond acceptors (Lipinski definition) is 8. The molecule has 1 unspecified atom stereocenters. The first-order valence-electron chi connectivity index (χ1n) is 17.7. The molecule has 1 N–H and O–H groups in total. The Morgan fingerprint density at radius 3 is 2.42 bits per heavy atom. The van der Waals surface area contributed by atoms with Crippen molar-refractivity contribution in [3.8, 4) is 0 Å². The largest absolute Gasteiger partial charge is 0.480 e. The third-order valence-electron chi connectivity index (χ3n) is 9.05. The van der Waals surface area contributed by atoms with E-state index in [1.807, 2.05) is 17.9 Å². The van der Waals surface area contributed by atoms with E-state index in [2.05, 4.69) is 19.2 Å². The smallest absolute Gasteiger partial charge is 0.410 e. The van der Waals surface area contributed by atoms with Crippen LogP contribution in [-0.2, 0) is 33.3 Å². The lowest BCUT2D eigenvalue weighted by atomic mass is 9.86. The zero-order chi connectivity index (χ0) is 35.4. The molecule has 2 aliphatic heterocycles. The fraction of sp³-hybridized carbons (Fsp3) is 0.778. The first kappa shape index (κ1) is 37.7. The van der Waals surface area contributed by atoms with Crippen LogP contribution < -0.4 is 5.32 Å². The highest BCUT2D eigenvalue weighted by molar-refractivity contribution is 5.88. The van der Waals surface area contributed by atoms with Gasteiger partial charge in [0.1, 0.15) is 11.4 Å². The van der Waals surface area contributed by atoms with Crippen LogP contribution >= 0.6 is 0 Å². The van der Waals surface area contributed by atoms with Gasteiger partial charge in [-0.25, -0.2) is 4.79 Å². The number of piperidine rings is 1. The van der Waals surface area contributed by atoms with Crippen molar-refractivity contribution in [1.82, 2.24) is 20.0 Å². The number of amides is 4. The summed E-state index contributed by atoms with van der Waals surface area (Å²) in [5.41, 5.74) is -0.238. The SMILES string of the molecule is CCOCC(CC(C)C)NC(=O)[C@H]1C[C@@H](C(=O)N(C2=CC3=C(CC2)OC(C)(C)C(=O)N3CCOC)C2CC2)CN(C(=O)OC(C)(C)C)C1. The molecule has 2 heterocycles. The molecular weight excluding hydrogens is 616 g/mol. The normalized spacial score (nSPS) is 23.3. The highest BCUT2D eigenvalue weighted by Gasteiger charge is 2.47. The van der Waals surface area contributed by atoms with Crippen LogP contribution in [0.1, 0.15) is 93.9 Å². The number of methoxy groups -OCH3 is 1. The number of nitrogens with zero attached hydrogens (tertiary/aromatic N) is 3. The van der Waals surface area contributed by atoms with Gasteiger partial charge in [-0.15, -0.1) is 0 Å². The van der Waals surface area contributed by atoms with Crippen molar-refractivity contribution in [3.63, 3.8) is 0 Å². The Morgan fingerprint density at radius 1 is 1.12 bits per heavy atom. The molecule has 2 fully saturated rings. The quantitative estimate of drug-likeness (QED) is 0.301. The summed E-state index contributed by atoms with van der Waals surface area (Å²) in [5.74, 6) is -0.581. The molecule has 0 aromatic heterocycles. The minimum atomic E-state index is -0.996. The van der Waals surface area contributed by atoms with E-state index in [9.17, 15) is 19.2 Å². The Morgan fingerprint density at radius 2 is 1.81 bits per heavy atom. The molecule has 4 rings (SSSR count). The molecule has 12 heteroatoms. The first-order chi connectivity index (χ1) is 22.5. The standard InChI is InChI=1S/C36H58N4O8/c1-10-46-22-26(17-23(2)3)37-31(41)24-18-25(21-38(20-24)34(44)48-35(4,5)6)32(42)40(27-11-12-27)28-13-14-30-29(19-28)39(15-16-45-9)33(43)36(7,8)47-30/h19,23-27H,10-18,20-22H2,1-9H3,(H,37,41)/t24-,25+,26?/m0/s1. The molecule has 0 spiro atoms. The van der Waals surface area contributed by atoms with E-state index in [-0.39, 0.29) is 42.9 Å². The number of likely N-dealkylation sites (tertiary alicyclic amines) is 1. The summed E-state index contributed by atoms with van der Waals surface area (Å²) in [6.07, 6.45) is 5.30. The Kier molecular flexibility index (Phi) is 12.3. The van der Waals surface area contributed by atoms with Crippen LogP contribution in [-0.4, -0.2) is 108 Å². The van der Waals surface area contributed by atoms with E-state index in [0.29, 0.717) is 57.2 Å². The summed E-state index contributed by atoms with van der Waals surface area (Å²) in [4.78, 5) is 60.3. The van der Waals surface area contributed by atoms with Crippen LogP contribution in [0.3, 0.4) is 0 Å². The van der Waals surface area contributed by atoms with Crippen molar-refractivity contribution in [3.05, 3.63) is 23.2 Å². The van der Waals surface area contributed by atoms with E-state index in [1.54, 1.807) is 46.6 Å². The highest BCUT2D eigenvalue weighted by Crippen LogP contribution is 2.41. The fourth-order valence-electron chi connectivity index (χ4n) is 6.74. The number of nitrogens with one attached hydrogen (secondary N) is 1. The van der Waals surface area contributed by atoms with E-state index in [4.69, 9.17) is 18.9 Å². The molecule has 12 nitrogen and oxygen atoms in total. The molecule has 270 valence electrons. The van der Waals surface area contributed by atoms with Gasteiger partial charge in [0.2, 0.25) is 11.8 Å². The second-order valence-electron chi connectivity index (χ2n) is 15.5. The Balaban J connectivity index is 1.62. The zero-order valence-electron chi connectivity index (χ0n) is 30.6.